The molecule has 0 fully saturated rings. The number of nitro benzene ring substituents is 1. The lowest BCUT2D eigenvalue weighted by Gasteiger charge is -2.14. The molecular formula is C23H18BrF3N2O4. The Morgan fingerprint density at radius 1 is 1.06 bits per heavy atom. The highest BCUT2D eigenvalue weighted by molar-refractivity contribution is 9.10. The molecule has 0 bridgehead atoms. The van der Waals surface area contributed by atoms with E-state index < -0.39 is 22.4 Å². The minimum absolute atomic E-state index is 0.0734. The standard InChI is InChI=1S/C23H18BrF3N2O4/c1-13-4-5-14(2)18(8-13)28-12-15-9-17(24)22(21(10-15)32-3)33-20-7-6-16(23(25,26)27)11-19(20)29(30)31/h4-12H,1-3H3. The number of halogens is 4. The number of benzene rings is 3. The molecule has 6 nitrogen and oxygen atoms in total. The Balaban J connectivity index is 1.98. The van der Waals surface area contributed by atoms with Crippen LogP contribution in [0.25, 0.3) is 0 Å². The van der Waals surface area contributed by atoms with Crippen LogP contribution in [0.1, 0.15) is 22.3 Å². The van der Waals surface area contributed by atoms with Gasteiger partial charge in [0.1, 0.15) is 0 Å². The van der Waals surface area contributed by atoms with E-state index in [1.54, 1.807) is 18.3 Å². The van der Waals surface area contributed by atoms with E-state index in [9.17, 15) is 23.3 Å². The van der Waals surface area contributed by atoms with E-state index in [0.29, 0.717) is 22.2 Å². The molecule has 0 unspecified atom stereocenters. The largest absolute Gasteiger partial charge is 0.493 e. The number of hydrogen-bond donors (Lipinski definition) is 0. The van der Waals surface area contributed by atoms with Crippen molar-refractivity contribution in [3.63, 3.8) is 0 Å². The van der Waals surface area contributed by atoms with Crippen molar-refractivity contribution in [3.05, 3.63) is 85.4 Å². The molecule has 0 radical (unpaired) electrons. The van der Waals surface area contributed by atoms with E-state index in [1.165, 1.54) is 7.11 Å². The van der Waals surface area contributed by atoms with Gasteiger partial charge in [-0.3, -0.25) is 15.1 Å². The second-order valence-electron chi connectivity index (χ2n) is 7.12. The summed E-state index contributed by atoms with van der Waals surface area (Å²) in [6.07, 6.45) is -3.10. The molecule has 0 spiro atoms. The first-order valence-corrected chi connectivity index (χ1v) is 10.3. The smallest absolute Gasteiger partial charge is 0.416 e. The minimum Gasteiger partial charge on any atom is -0.493 e. The average molecular weight is 523 g/mol. The number of methoxy groups -OCH3 is 1. The van der Waals surface area contributed by atoms with Gasteiger partial charge in [0, 0.05) is 12.3 Å². The fraction of sp³-hybridized carbons (Fsp3) is 0.174. The molecule has 0 aliphatic rings. The summed E-state index contributed by atoms with van der Waals surface area (Å²) >= 11 is 3.34. The number of aliphatic imine (C=N–C) groups is 1. The monoisotopic (exact) mass is 522 g/mol. The van der Waals surface area contributed by atoms with Crippen molar-refractivity contribution in [2.75, 3.05) is 7.11 Å². The molecule has 0 aliphatic heterocycles. The zero-order chi connectivity index (χ0) is 24.3. The topological polar surface area (TPSA) is 74.0 Å². The van der Waals surface area contributed by atoms with Crippen molar-refractivity contribution in [1.82, 2.24) is 0 Å². The Hall–Kier alpha value is -3.40. The third kappa shape index (κ3) is 5.70. The number of nitro groups is 1. The van der Waals surface area contributed by atoms with Crippen molar-refractivity contribution < 1.29 is 27.6 Å². The molecule has 3 aromatic rings. The highest BCUT2D eigenvalue weighted by Crippen LogP contribution is 2.43. The Labute approximate surface area is 196 Å². The van der Waals surface area contributed by atoms with Crippen molar-refractivity contribution in [3.8, 4) is 17.2 Å². The van der Waals surface area contributed by atoms with Crippen molar-refractivity contribution in [2.24, 2.45) is 4.99 Å². The number of nitrogens with zero attached hydrogens (tertiary/aromatic N) is 2. The molecule has 0 amide bonds. The molecule has 10 heteroatoms. The zero-order valence-electron chi connectivity index (χ0n) is 17.7. The molecule has 0 saturated heterocycles. The van der Waals surface area contributed by atoms with Gasteiger partial charge >= 0.3 is 11.9 Å². The first kappa shape index (κ1) is 24.2. The molecular weight excluding hydrogens is 505 g/mol. The van der Waals surface area contributed by atoms with Gasteiger partial charge in [-0.25, -0.2) is 0 Å². The second-order valence-corrected chi connectivity index (χ2v) is 7.98. The van der Waals surface area contributed by atoms with Gasteiger partial charge < -0.3 is 9.47 Å². The van der Waals surface area contributed by atoms with Gasteiger partial charge in [0.15, 0.2) is 11.5 Å². The zero-order valence-corrected chi connectivity index (χ0v) is 19.3. The Morgan fingerprint density at radius 2 is 1.79 bits per heavy atom. The van der Waals surface area contributed by atoms with E-state index in [0.717, 1.165) is 22.9 Å². The van der Waals surface area contributed by atoms with E-state index in [2.05, 4.69) is 20.9 Å². The van der Waals surface area contributed by atoms with Crippen LogP contribution in [0.15, 0.2) is 58.0 Å². The summed E-state index contributed by atoms with van der Waals surface area (Å²) in [4.78, 5) is 14.9. The third-order valence-electron chi connectivity index (χ3n) is 4.66. The maximum Gasteiger partial charge on any atom is 0.416 e. The Morgan fingerprint density at radius 3 is 2.42 bits per heavy atom. The quantitative estimate of drug-likeness (QED) is 0.190. The molecule has 0 aliphatic carbocycles. The number of aryl methyl sites for hydroxylation is 2. The number of ether oxygens (including phenoxy) is 2. The lowest BCUT2D eigenvalue weighted by atomic mass is 10.1. The maximum absolute atomic E-state index is 13.0. The summed E-state index contributed by atoms with van der Waals surface area (Å²) in [5.74, 6) is -0.0750. The van der Waals surface area contributed by atoms with Crippen LogP contribution >= 0.6 is 15.9 Å². The summed E-state index contributed by atoms with van der Waals surface area (Å²) < 4.78 is 50.2. The lowest BCUT2D eigenvalue weighted by Crippen LogP contribution is -2.06. The molecule has 0 aromatic heterocycles. The average Bonchev–Trinajstić information content (AvgIpc) is 2.75. The Bertz CT molecular complexity index is 1240. The molecule has 3 aromatic carbocycles. The SMILES string of the molecule is COc1cc(C=Nc2cc(C)ccc2C)cc(Br)c1Oc1ccc(C(F)(F)F)cc1[N+](=O)[O-]. The molecule has 0 N–H and O–H groups in total. The van der Waals surface area contributed by atoms with E-state index in [-0.39, 0.29) is 17.2 Å². The lowest BCUT2D eigenvalue weighted by molar-refractivity contribution is -0.385. The summed E-state index contributed by atoms with van der Waals surface area (Å²) in [7, 11) is 1.38. The van der Waals surface area contributed by atoms with Gasteiger partial charge in [-0.1, -0.05) is 12.1 Å². The van der Waals surface area contributed by atoms with Gasteiger partial charge in [0.05, 0.1) is 27.8 Å². The molecule has 0 saturated carbocycles. The highest BCUT2D eigenvalue weighted by atomic mass is 79.9. The van der Waals surface area contributed by atoms with Crippen molar-refractivity contribution in [1.29, 1.82) is 0 Å². The summed E-state index contributed by atoms with van der Waals surface area (Å²) in [6, 6.07) is 11.2. The summed E-state index contributed by atoms with van der Waals surface area (Å²) in [6.45, 7) is 3.90. The van der Waals surface area contributed by atoms with Gasteiger partial charge in [-0.2, -0.15) is 13.2 Å². The van der Waals surface area contributed by atoms with Crippen LogP contribution in [0.3, 0.4) is 0 Å². The van der Waals surface area contributed by atoms with Gasteiger partial charge in [-0.05, 0) is 76.8 Å². The number of alkyl halides is 3. The third-order valence-corrected chi connectivity index (χ3v) is 5.25. The summed E-state index contributed by atoms with van der Waals surface area (Å²) in [5.41, 5.74) is 1.54. The van der Waals surface area contributed by atoms with Crippen LogP contribution < -0.4 is 9.47 Å². The second kappa shape index (κ2) is 9.62. The minimum atomic E-state index is -4.72. The predicted molar refractivity (Wildman–Crippen MR) is 122 cm³/mol. The number of hydrogen-bond acceptors (Lipinski definition) is 5. The number of rotatable bonds is 6. The first-order chi connectivity index (χ1) is 15.5. The van der Waals surface area contributed by atoms with Crippen LogP contribution in [-0.2, 0) is 6.18 Å². The van der Waals surface area contributed by atoms with Crippen molar-refractivity contribution in [2.45, 2.75) is 20.0 Å². The highest BCUT2D eigenvalue weighted by Gasteiger charge is 2.33. The molecule has 33 heavy (non-hydrogen) atoms. The molecule has 172 valence electrons. The van der Waals surface area contributed by atoms with Crippen LogP contribution in [-0.4, -0.2) is 18.2 Å². The van der Waals surface area contributed by atoms with Crippen LogP contribution in [0.5, 0.6) is 17.2 Å². The van der Waals surface area contributed by atoms with Gasteiger partial charge in [0.25, 0.3) is 0 Å². The molecule has 0 heterocycles. The van der Waals surface area contributed by atoms with Crippen molar-refractivity contribution >= 4 is 33.5 Å². The van der Waals surface area contributed by atoms with Crippen LogP contribution in [0, 0.1) is 24.0 Å². The fourth-order valence-electron chi connectivity index (χ4n) is 2.95. The Kier molecular flexibility index (Phi) is 7.06. The molecule has 3 rings (SSSR count). The molecule has 0 atom stereocenters. The van der Waals surface area contributed by atoms with E-state index in [1.807, 2.05) is 32.0 Å². The van der Waals surface area contributed by atoms with E-state index in [4.69, 9.17) is 9.47 Å². The van der Waals surface area contributed by atoms with E-state index >= 15 is 0 Å². The fourth-order valence-corrected chi connectivity index (χ4v) is 3.49. The van der Waals surface area contributed by atoms with Crippen LogP contribution in [0.2, 0.25) is 0 Å². The van der Waals surface area contributed by atoms with Gasteiger partial charge in [0.2, 0.25) is 5.75 Å². The normalized spacial score (nSPS) is 11.6. The van der Waals surface area contributed by atoms with Gasteiger partial charge in [-0.15, -0.1) is 0 Å². The maximum atomic E-state index is 13.0. The van der Waals surface area contributed by atoms with Crippen LogP contribution in [0.4, 0.5) is 24.5 Å². The summed E-state index contributed by atoms with van der Waals surface area (Å²) in [5, 5.41) is 11.4. The first-order valence-electron chi connectivity index (χ1n) is 9.52. The predicted octanol–water partition coefficient (Wildman–Crippen LogP) is 7.54.